The molecule has 6 heteroatoms. The van der Waals surface area contributed by atoms with Crippen molar-refractivity contribution in [2.24, 2.45) is 0 Å². The molecule has 4 heterocycles. The Labute approximate surface area is 181 Å². The van der Waals surface area contributed by atoms with Crippen molar-refractivity contribution in [1.29, 1.82) is 0 Å². The van der Waals surface area contributed by atoms with E-state index < -0.39 is 5.63 Å². The van der Waals surface area contributed by atoms with Gasteiger partial charge in [0, 0.05) is 45.0 Å². The molecule has 0 fully saturated rings. The molecule has 6 rings (SSSR count). The van der Waals surface area contributed by atoms with Crippen molar-refractivity contribution in [3.05, 3.63) is 93.6 Å². The zero-order chi connectivity index (χ0) is 21.1. The molecule has 5 nitrogen and oxygen atoms in total. The molecule has 31 heavy (non-hydrogen) atoms. The van der Waals surface area contributed by atoms with E-state index in [4.69, 9.17) is 16.0 Å². The Balaban J connectivity index is 1.71. The standard InChI is InChI=1S/C25H16ClN3O2/c1-14-8-9-20-18(11-14)21-17-6-4-10-27-24(17)31-25(30)23(21)29(20)13-15-12-28-19-7-3-2-5-16(19)22(15)26/h2-12H,13H2,1H3. The number of pyridine rings is 2. The van der Waals surface area contributed by atoms with Crippen molar-refractivity contribution in [2.45, 2.75) is 13.5 Å². The van der Waals surface area contributed by atoms with Gasteiger partial charge in [-0.1, -0.05) is 41.4 Å². The molecule has 0 aliphatic rings. The highest BCUT2D eigenvalue weighted by molar-refractivity contribution is 6.36. The van der Waals surface area contributed by atoms with Gasteiger partial charge in [-0.2, -0.15) is 0 Å². The first-order chi connectivity index (χ1) is 15.1. The second kappa shape index (κ2) is 6.65. The van der Waals surface area contributed by atoms with Crippen LogP contribution in [0.1, 0.15) is 11.1 Å². The van der Waals surface area contributed by atoms with Crippen LogP contribution in [-0.4, -0.2) is 14.5 Å². The highest BCUT2D eigenvalue weighted by Crippen LogP contribution is 2.34. The van der Waals surface area contributed by atoms with Gasteiger partial charge in [0.2, 0.25) is 5.71 Å². The first-order valence-corrected chi connectivity index (χ1v) is 10.3. The molecule has 4 aromatic heterocycles. The van der Waals surface area contributed by atoms with E-state index in [0.29, 0.717) is 22.8 Å². The predicted octanol–water partition coefficient (Wildman–Crippen LogP) is 5.85. The van der Waals surface area contributed by atoms with Crippen LogP contribution in [-0.2, 0) is 6.54 Å². The van der Waals surface area contributed by atoms with Gasteiger partial charge in [0.1, 0.15) is 5.52 Å². The molecule has 0 amide bonds. The summed E-state index contributed by atoms with van der Waals surface area (Å²) >= 11 is 6.76. The van der Waals surface area contributed by atoms with Crippen molar-refractivity contribution in [1.82, 2.24) is 14.5 Å². The molecular formula is C25H16ClN3O2. The molecule has 0 spiro atoms. The van der Waals surface area contributed by atoms with Crippen LogP contribution in [0.2, 0.25) is 5.02 Å². The Morgan fingerprint density at radius 1 is 1.00 bits per heavy atom. The molecule has 0 unspecified atom stereocenters. The summed E-state index contributed by atoms with van der Waals surface area (Å²) in [5.74, 6) is 0. The van der Waals surface area contributed by atoms with Crippen molar-refractivity contribution in [3.8, 4) is 0 Å². The SMILES string of the molecule is Cc1ccc2c(c1)c1c3cccnc3oc(=O)c1n2Cc1cnc2ccccc2c1Cl. The number of rotatable bonds is 2. The van der Waals surface area contributed by atoms with Gasteiger partial charge in [-0.3, -0.25) is 4.98 Å². The van der Waals surface area contributed by atoms with E-state index in [1.807, 2.05) is 60.0 Å². The molecule has 0 aliphatic carbocycles. The van der Waals surface area contributed by atoms with Gasteiger partial charge >= 0.3 is 5.63 Å². The predicted molar refractivity (Wildman–Crippen MR) is 124 cm³/mol. The van der Waals surface area contributed by atoms with Crippen LogP contribution < -0.4 is 5.63 Å². The Kier molecular flexibility index (Phi) is 3.88. The Morgan fingerprint density at radius 3 is 2.74 bits per heavy atom. The van der Waals surface area contributed by atoms with Crippen LogP contribution in [0.15, 0.2) is 76.2 Å². The van der Waals surface area contributed by atoms with Crippen LogP contribution in [0.25, 0.3) is 43.8 Å². The summed E-state index contributed by atoms with van der Waals surface area (Å²) in [6.07, 6.45) is 3.41. The van der Waals surface area contributed by atoms with E-state index in [0.717, 1.165) is 43.7 Å². The van der Waals surface area contributed by atoms with E-state index in [-0.39, 0.29) is 0 Å². The van der Waals surface area contributed by atoms with Gasteiger partial charge in [0.15, 0.2) is 0 Å². The molecule has 0 bridgehead atoms. The van der Waals surface area contributed by atoms with Gasteiger partial charge in [-0.15, -0.1) is 0 Å². The minimum absolute atomic E-state index is 0.339. The normalized spacial score (nSPS) is 11.8. The largest absolute Gasteiger partial charge is 0.402 e. The lowest BCUT2D eigenvalue weighted by Gasteiger charge is -2.10. The van der Waals surface area contributed by atoms with E-state index >= 15 is 0 Å². The molecule has 0 atom stereocenters. The van der Waals surface area contributed by atoms with Gasteiger partial charge in [-0.05, 0) is 37.3 Å². The van der Waals surface area contributed by atoms with E-state index in [2.05, 4.69) is 16.0 Å². The second-order valence-corrected chi connectivity index (χ2v) is 8.07. The minimum atomic E-state index is -0.417. The first-order valence-electron chi connectivity index (χ1n) is 9.94. The van der Waals surface area contributed by atoms with E-state index in [1.165, 1.54) is 0 Å². The summed E-state index contributed by atoms with van der Waals surface area (Å²) in [4.78, 5) is 21.9. The lowest BCUT2D eigenvalue weighted by Crippen LogP contribution is -2.09. The Morgan fingerprint density at radius 2 is 1.84 bits per heavy atom. The summed E-state index contributed by atoms with van der Waals surface area (Å²) in [7, 11) is 0. The molecule has 0 saturated carbocycles. The number of hydrogen-bond acceptors (Lipinski definition) is 4. The molecule has 0 saturated heterocycles. The van der Waals surface area contributed by atoms with Crippen LogP contribution in [0.5, 0.6) is 0 Å². The number of aromatic nitrogens is 3. The van der Waals surface area contributed by atoms with E-state index in [9.17, 15) is 4.79 Å². The van der Waals surface area contributed by atoms with Crippen LogP contribution in [0.4, 0.5) is 0 Å². The van der Waals surface area contributed by atoms with Crippen LogP contribution >= 0.6 is 11.6 Å². The summed E-state index contributed by atoms with van der Waals surface area (Å²) in [5, 5.41) is 4.18. The third-order valence-electron chi connectivity index (χ3n) is 5.75. The number of benzene rings is 2. The zero-order valence-corrected chi connectivity index (χ0v) is 17.3. The van der Waals surface area contributed by atoms with Crippen molar-refractivity contribution in [2.75, 3.05) is 0 Å². The Hall–Kier alpha value is -3.70. The third kappa shape index (κ3) is 2.67. The number of hydrogen-bond donors (Lipinski definition) is 0. The maximum atomic E-state index is 13.1. The lowest BCUT2D eigenvalue weighted by atomic mass is 10.1. The third-order valence-corrected chi connectivity index (χ3v) is 6.20. The molecule has 0 aliphatic heterocycles. The summed E-state index contributed by atoms with van der Waals surface area (Å²) in [5.41, 5.74) is 4.16. The smallest absolute Gasteiger partial charge is 0.362 e. The van der Waals surface area contributed by atoms with Gasteiger partial charge in [0.25, 0.3) is 0 Å². The molecular weight excluding hydrogens is 410 g/mol. The van der Waals surface area contributed by atoms with Crippen molar-refractivity contribution >= 4 is 55.4 Å². The topological polar surface area (TPSA) is 60.9 Å². The quantitative estimate of drug-likeness (QED) is 0.349. The summed E-state index contributed by atoms with van der Waals surface area (Å²) < 4.78 is 7.55. The minimum Gasteiger partial charge on any atom is -0.402 e. The maximum absolute atomic E-state index is 13.1. The van der Waals surface area contributed by atoms with Crippen LogP contribution in [0.3, 0.4) is 0 Å². The molecule has 6 aromatic rings. The highest BCUT2D eigenvalue weighted by atomic mass is 35.5. The number of fused-ring (bicyclic) bond motifs is 6. The maximum Gasteiger partial charge on any atom is 0.362 e. The zero-order valence-electron chi connectivity index (χ0n) is 16.6. The van der Waals surface area contributed by atoms with Crippen molar-refractivity contribution in [3.63, 3.8) is 0 Å². The lowest BCUT2D eigenvalue weighted by molar-refractivity contribution is 0.553. The molecule has 150 valence electrons. The average molecular weight is 426 g/mol. The van der Waals surface area contributed by atoms with E-state index in [1.54, 1.807) is 12.4 Å². The number of aryl methyl sites for hydroxylation is 1. The van der Waals surface area contributed by atoms with Gasteiger partial charge in [0.05, 0.1) is 17.1 Å². The average Bonchev–Trinajstić information content (AvgIpc) is 3.10. The second-order valence-electron chi connectivity index (χ2n) is 7.69. The molecule has 0 N–H and O–H groups in total. The fourth-order valence-electron chi connectivity index (χ4n) is 4.35. The fraction of sp³-hybridized carbons (Fsp3) is 0.0800. The summed E-state index contributed by atoms with van der Waals surface area (Å²) in [6.45, 7) is 2.44. The Bertz CT molecular complexity index is 1720. The first kappa shape index (κ1) is 18.1. The monoisotopic (exact) mass is 425 g/mol. The number of para-hydroxylation sites is 1. The number of nitrogens with zero attached hydrogens (tertiary/aromatic N) is 3. The van der Waals surface area contributed by atoms with Gasteiger partial charge in [-0.25, -0.2) is 9.78 Å². The van der Waals surface area contributed by atoms with Crippen molar-refractivity contribution < 1.29 is 4.42 Å². The fourth-order valence-corrected chi connectivity index (χ4v) is 4.61. The summed E-state index contributed by atoms with van der Waals surface area (Å²) in [6, 6.07) is 17.7. The number of halogens is 1. The highest BCUT2D eigenvalue weighted by Gasteiger charge is 2.20. The van der Waals surface area contributed by atoms with Gasteiger partial charge < -0.3 is 8.98 Å². The molecule has 0 radical (unpaired) electrons. The molecule has 2 aromatic carbocycles. The van der Waals surface area contributed by atoms with Crippen LogP contribution in [0, 0.1) is 6.92 Å².